The van der Waals surface area contributed by atoms with Crippen LogP contribution in [0.4, 0.5) is 0 Å². The Bertz CT molecular complexity index is 638. The van der Waals surface area contributed by atoms with E-state index in [0.717, 1.165) is 13.1 Å². The van der Waals surface area contributed by atoms with Crippen molar-refractivity contribution in [3.05, 3.63) is 23.8 Å². The van der Waals surface area contributed by atoms with Gasteiger partial charge in [0.15, 0.2) is 0 Å². The van der Waals surface area contributed by atoms with Crippen molar-refractivity contribution in [1.29, 1.82) is 0 Å². The van der Waals surface area contributed by atoms with E-state index in [1.54, 1.807) is 32.2 Å². The fourth-order valence-electron chi connectivity index (χ4n) is 3.36. The normalized spacial score (nSPS) is 17.9. The lowest BCUT2D eigenvalue weighted by Crippen LogP contribution is -2.48. The molecule has 0 bridgehead atoms. The van der Waals surface area contributed by atoms with Crippen LogP contribution in [0.2, 0.25) is 0 Å². The molecular formula is C18H30N2O3S. The Hall–Kier alpha value is -1.11. The van der Waals surface area contributed by atoms with Crippen LogP contribution < -0.4 is 9.46 Å². The number of sulfonamides is 1. The summed E-state index contributed by atoms with van der Waals surface area (Å²) in [5.41, 5.74) is 0.695. The van der Waals surface area contributed by atoms with Crippen LogP contribution in [0, 0.1) is 12.8 Å². The van der Waals surface area contributed by atoms with E-state index < -0.39 is 10.0 Å². The molecule has 0 amide bonds. The van der Waals surface area contributed by atoms with Gasteiger partial charge in [-0.05, 0) is 62.5 Å². The van der Waals surface area contributed by atoms with E-state index >= 15 is 0 Å². The molecule has 1 aromatic carbocycles. The summed E-state index contributed by atoms with van der Waals surface area (Å²) in [4.78, 5) is 2.75. The molecule has 0 radical (unpaired) electrons. The summed E-state index contributed by atoms with van der Waals surface area (Å²) in [6, 6.07) is 5.28. The molecule has 1 unspecified atom stereocenters. The molecule has 1 heterocycles. The summed E-state index contributed by atoms with van der Waals surface area (Å²) in [5, 5.41) is 0. The van der Waals surface area contributed by atoms with Gasteiger partial charge in [0.2, 0.25) is 10.0 Å². The largest absolute Gasteiger partial charge is 0.497 e. The van der Waals surface area contributed by atoms with Gasteiger partial charge >= 0.3 is 0 Å². The monoisotopic (exact) mass is 354 g/mol. The van der Waals surface area contributed by atoms with Gasteiger partial charge in [0.25, 0.3) is 0 Å². The second-order valence-corrected chi connectivity index (χ2v) is 8.63. The maximum Gasteiger partial charge on any atom is 0.240 e. The van der Waals surface area contributed by atoms with Gasteiger partial charge in [-0.15, -0.1) is 0 Å². The lowest BCUT2D eigenvalue weighted by molar-refractivity contribution is 0.130. The number of piperidine rings is 1. The van der Waals surface area contributed by atoms with Crippen LogP contribution in [0.1, 0.15) is 38.7 Å². The molecule has 1 aromatic rings. The van der Waals surface area contributed by atoms with Crippen LogP contribution in [-0.2, 0) is 10.0 Å². The highest BCUT2D eigenvalue weighted by Gasteiger charge is 2.26. The lowest BCUT2D eigenvalue weighted by Gasteiger charge is -2.37. The third-order valence-electron chi connectivity index (χ3n) is 4.78. The average molecular weight is 355 g/mol. The molecular weight excluding hydrogens is 324 g/mol. The fraction of sp³-hybridized carbons (Fsp3) is 0.667. The predicted octanol–water partition coefficient (Wildman–Crippen LogP) is 2.79. The van der Waals surface area contributed by atoms with Gasteiger partial charge in [-0.1, -0.05) is 20.3 Å². The number of ether oxygens (including phenoxy) is 1. The first kappa shape index (κ1) is 19.2. The number of likely N-dealkylation sites (tertiary alicyclic amines) is 1. The van der Waals surface area contributed by atoms with Crippen molar-refractivity contribution in [2.75, 3.05) is 26.7 Å². The van der Waals surface area contributed by atoms with Gasteiger partial charge in [-0.25, -0.2) is 13.1 Å². The van der Waals surface area contributed by atoms with E-state index in [1.165, 1.54) is 19.3 Å². The SMILES string of the molecule is COc1ccc(S(=O)(=O)NCC(C(C)C)N2CCCCC2)c(C)c1. The van der Waals surface area contributed by atoms with Gasteiger partial charge in [-0.2, -0.15) is 0 Å². The fourth-order valence-corrected chi connectivity index (χ4v) is 4.64. The molecule has 1 fully saturated rings. The third kappa shape index (κ3) is 4.71. The molecule has 0 aliphatic carbocycles. The molecule has 24 heavy (non-hydrogen) atoms. The molecule has 5 nitrogen and oxygen atoms in total. The van der Waals surface area contributed by atoms with Crippen molar-refractivity contribution >= 4 is 10.0 Å². The van der Waals surface area contributed by atoms with Gasteiger partial charge in [-0.3, -0.25) is 4.90 Å². The van der Waals surface area contributed by atoms with Crippen LogP contribution >= 0.6 is 0 Å². The minimum Gasteiger partial charge on any atom is -0.497 e. The van der Waals surface area contributed by atoms with Crippen molar-refractivity contribution in [3.63, 3.8) is 0 Å². The summed E-state index contributed by atoms with van der Waals surface area (Å²) in [7, 11) is -1.94. The van der Waals surface area contributed by atoms with Gasteiger partial charge in [0, 0.05) is 12.6 Å². The van der Waals surface area contributed by atoms with Gasteiger partial charge in [0.05, 0.1) is 12.0 Å². The summed E-state index contributed by atoms with van der Waals surface area (Å²) in [6.45, 7) is 8.68. The van der Waals surface area contributed by atoms with Crippen molar-refractivity contribution in [2.45, 2.75) is 51.0 Å². The predicted molar refractivity (Wildman–Crippen MR) is 97.0 cm³/mol. The minimum absolute atomic E-state index is 0.235. The zero-order chi connectivity index (χ0) is 17.7. The molecule has 0 aromatic heterocycles. The molecule has 1 atom stereocenters. The standard InChI is InChI=1S/C18H30N2O3S/c1-14(2)17(20-10-6-5-7-11-20)13-19-24(21,22)18-9-8-16(23-4)12-15(18)3/h8-9,12,14,17,19H,5-7,10-11,13H2,1-4H3. The van der Waals surface area contributed by atoms with Crippen LogP contribution in [0.3, 0.4) is 0 Å². The topological polar surface area (TPSA) is 58.6 Å². The summed E-state index contributed by atoms with van der Waals surface area (Å²) < 4.78 is 33.4. The number of nitrogens with zero attached hydrogens (tertiary/aromatic N) is 1. The van der Waals surface area contributed by atoms with Crippen molar-refractivity contribution in [2.24, 2.45) is 5.92 Å². The number of methoxy groups -OCH3 is 1. The van der Waals surface area contributed by atoms with Crippen LogP contribution in [0.15, 0.2) is 23.1 Å². The molecule has 2 rings (SSSR count). The molecule has 0 spiro atoms. The summed E-state index contributed by atoms with van der Waals surface area (Å²) >= 11 is 0. The number of hydrogen-bond acceptors (Lipinski definition) is 4. The highest BCUT2D eigenvalue weighted by atomic mass is 32.2. The van der Waals surface area contributed by atoms with E-state index in [1.807, 2.05) is 0 Å². The Balaban J connectivity index is 2.10. The second-order valence-electron chi connectivity index (χ2n) is 6.89. The molecule has 0 saturated carbocycles. The Morgan fingerprint density at radius 3 is 2.42 bits per heavy atom. The van der Waals surface area contributed by atoms with Crippen LogP contribution in [0.5, 0.6) is 5.75 Å². The van der Waals surface area contributed by atoms with Crippen LogP contribution in [-0.4, -0.2) is 46.1 Å². The minimum atomic E-state index is -3.52. The quantitative estimate of drug-likeness (QED) is 0.818. The maximum absolute atomic E-state index is 12.7. The number of nitrogens with one attached hydrogen (secondary N) is 1. The molecule has 6 heteroatoms. The Kier molecular flexibility index (Phi) is 6.66. The number of benzene rings is 1. The average Bonchev–Trinajstić information content (AvgIpc) is 2.55. The highest BCUT2D eigenvalue weighted by Crippen LogP contribution is 2.22. The van der Waals surface area contributed by atoms with Gasteiger partial charge < -0.3 is 4.74 Å². The summed E-state index contributed by atoms with van der Waals surface area (Å²) in [6.07, 6.45) is 3.68. The number of aryl methyl sites for hydroxylation is 1. The highest BCUT2D eigenvalue weighted by molar-refractivity contribution is 7.89. The van der Waals surface area contributed by atoms with Gasteiger partial charge in [0.1, 0.15) is 5.75 Å². The zero-order valence-electron chi connectivity index (χ0n) is 15.2. The van der Waals surface area contributed by atoms with Crippen molar-refractivity contribution < 1.29 is 13.2 Å². The van der Waals surface area contributed by atoms with E-state index in [4.69, 9.17) is 4.74 Å². The number of hydrogen-bond donors (Lipinski definition) is 1. The number of rotatable bonds is 7. The Labute approximate surface area is 146 Å². The van der Waals surface area contributed by atoms with Crippen molar-refractivity contribution in [1.82, 2.24) is 9.62 Å². The van der Waals surface area contributed by atoms with E-state index in [2.05, 4.69) is 23.5 Å². The Morgan fingerprint density at radius 2 is 1.88 bits per heavy atom. The first-order chi connectivity index (χ1) is 11.3. The van der Waals surface area contributed by atoms with Crippen molar-refractivity contribution in [3.8, 4) is 5.75 Å². The molecule has 136 valence electrons. The molecule has 1 aliphatic rings. The summed E-state index contributed by atoms with van der Waals surface area (Å²) in [5.74, 6) is 1.07. The first-order valence-electron chi connectivity index (χ1n) is 8.73. The molecule has 1 N–H and O–H groups in total. The molecule has 1 aliphatic heterocycles. The zero-order valence-corrected chi connectivity index (χ0v) is 16.0. The van der Waals surface area contributed by atoms with E-state index in [-0.39, 0.29) is 6.04 Å². The Morgan fingerprint density at radius 1 is 1.21 bits per heavy atom. The lowest BCUT2D eigenvalue weighted by atomic mass is 9.99. The van der Waals surface area contributed by atoms with E-state index in [0.29, 0.717) is 28.7 Å². The molecule has 1 saturated heterocycles. The van der Waals surface area contributed by atoms with Crippen LogP contribution in [0.25, 0.3) is 0 Å². The first-order valence-corrected chi connectivity index (χ1v) is 10.2. The smallest absolute Gasteiger partial charge is 0.240 e. The third-order valence-corrected chi connectivity index (χ3v) is 6.37. The maximum atomic E-state index is 12.7. The second kappa shape index (κ2) is 8.32. The van der Waals surface area contributed by atoms with E-state index in [9.17, 15) is 8.42 Å².